The van der Waals surface area contributed by atoms with Gasteiger partial charge >= 0.3 is 0 Å². The zero-order valence-electron chi connectivity index (χ0n) is 10.5. The Hall–Kier alpha value is -1.16. The van der Waals surface area contributed by atoms with Crippen molar-refractivity contribution in [3.63, 3.8) is 0 Å². The van der Waals surface area contributed by atoms with E-state index in [0.29, 0.717) is 11.3 Å². The Bertz CT molecular complexity index is 420. The van der Waals surface area contributed by atoms with E-state index >= 15 is 0 Å². The van der Waals surface area contributed by atoms with Crippen LogP contribution in [-0.2, 0) is 0 Å². The molecule has 0 spiro atoms. The summed E-state index contributed by atoms with van der Waals surface area (Å²) in [5.74, 6) is -0.673. The lowest BCUT2D eigenvalue weighted by Crippen LogP contribution is -2.50. The highest BCUT2D eigenvalue weighted by atomic mass is 19.1. The number of rotatable bonds is 1. The number of anilines is 1. The third-order valence-corrected chi connectivity index (χ3v) is 3.37. The van der Waals surface area contributed by atoms with E-state index in [-0.39, 0.29) is 17.7 Å². The molecule has 0 amide bonds. The van der Waals surface area contributed by atoms with Crippen molar-refractivity contribution in [1.82, 2.24) is 4.90 Å². The lowest BCUT2D eigenvalue weighted by molar-refractivity contribution is 0.274. The summed E-state index contributed by atoms with van der Waals surface area (Å²) in [6.45, 7) is 6.09. The van der Waals surface area contributed by atoms with E-state index in [1.54, 1.807) is 6.92 Å². The van der Waals surface area contributed by atoms with Crippen LogP contribution in [0.1, 0.15) is 12.5 Å². The molecule has 0 radical (unpaired) electrons. The van der Waals surface area contributed by atoms with Gasteiger partial charge in [-0.1, -0.05) is 0 Å². The summed E-state index contributed by atoms with van der Waals surface area (Å²) in [4.78, 5) is 4.14. The number of halogens is 2. The second-order valence-corrected chi connectivity index (χ2v) is 4.86. The van der Waals surface area contributed by atoms with E-state index in [1.807, 2.05) is 18.9 Å². The fourth-order valence-corrected chi connectivity index (χ4v) is 2.35. The van der Waals surface area contributed by atoms with Crippen molar-refractivity contribution in [2.75, 3.05) is 31.6 Å². The number of nitrogens with zero attached hydrogens (tertiary/aromatic N) is 2. The smallest absolute Gasteiger partial charge is 0.146 e. The third kappa shape index (κ3) is 2.41. The molecule has 0 unspecified atom stereocenters. The Morgan fingerprint density at radius 1 is 1.18 bits per heavy atom. The molecule has 4 heteroatoms. The van der Waals surface area contributed by atoms with Crippen LogP contribution in [0.4, 0.5) is 14.5 Å². The van der Waals surface area contributed by atoms with E-state index in [0.717, 1.165) is 19.6 Å². The molecule has 0 saturated carbocycles. The first-order valence-electron chi connectivity index (χ1n) is 5.90. The number of likely N-dealkylation sites (N-methyl/N-ethyl adjacent to an activating group) is 1. The highest BCUT2D eigenvalue weighted by molar-refractivity contribution is 5.51. The van der Waals surface area contributed by atoms with Gasteiger partial charge in [-0.3, -0.25) is 0 Å². The van der Waals surface area contributed by atoms with E-state index in [2.05, 4.69) is 4.90 Å². The molecule has 1 atom stereocenters. The summed E-state index contributed by atoms with van der Waals surface area (Å²) in [7, 11) is 2.04. The zero-order chi connectivity index (χ0) is 12.6. The molecule has 17 heavy (non-hydrogen) atoms. The minimum absolute atomic E-state index is 0.199. The van der Waals surface area contributed by atoms with Crippen LogP contribution in [0.3, 0.4) is 0 Å². The van der Waals surface area contributed by atoms with Gasteiger partial charge < -0.3 is 9.80 Å². The number of aryl methyl sites for hydroxylation is 1. The van der Waals surface area contributed by atoms with E-state index < -0.39 is 0 Å². The molecule has 0 aromatic heterocycles. The van der Waals surface area contributed by atoms with E-state index in [9.17, 15) is 8.78 Å². The predicted molar refractivity (Wildman–Crippen MR) is 65.4 cm³/mol. The molecule has 1 fully saturated rings. The first kappa shape index (κ1) is 12.3. The van der Waals surface area contributed by atoms with Crippen molar-refractivity contribution < 1.29 is 8.78 Å². The quantitative estimate of drug-likeness (QED) is 0.744. The van der Waals surface area contributed by atoms with Gasteiger partial charge in [0.2, 0.25) is 0 Å². The molecule has 1 aliphatic heterocycles. The lowest BCUT2D eigenvalue weighted by atomic mass is 10.1. The van der Waals surface area contributed by atoms with E-state index in [1.165, 1.54) is 12.1 Å². The highest BCUT2D eigenvalue weighted by Crippen LogP contribution is 2.26. The van der Waals surface area contributed by atoms with Gasteiger partial charge in [-0.05, 0) is 32.5 Å². The van der Waals surface area contributed by atoms with E-state index in [4.69, 9.17) is 0 Å². The van der Waals surface area contributed by atoms with Gasteiger partial charge in [0.05, 0.1) is 5.69 Å². The second kappa shape index (κ2) is 4.61. The Kier molecular flexibility index (Phi) is 3.33. The molecular formula is C13H18F2N2. The molecule has 1 aromatic rings. The molecule has 0 N–H and O–H groups in total. The molecule has 0 aliphatic carbocycles. The van der Waals surface area contributed by atoms with Gasteiger partial charge in [-0.25, -0.2) is 8.78 Å². The maximum Gasteiger partial charge on any atom is 0.146 e. The Morgan fingerprint density at radius 2 is 1.88 bits per heavy atom. The summed E-state index contributed by atoms with van der Waals surface area (Å²) in [5.41, 5.74) is 0.738. The first-order valence-corrected chi connectivity index (χ1v) is 5.90. The topological polar surface area (TPSA) is 6.48 Å². The molecule has 94 valence electrons. The summed E-state index contributed by atoms with van der Waals surface area (Å²) in [5, 5.41) is 0. The molecule has 1 aromatic carbocycles. The largest absolute Gasteiger partial charge is 0.364 e. The van der Waals surface area contributed by atoms with Crippen molar-refractivity contribution in [2.45, 2.75) is 19.9 Å². The van der Waals surface area contributed by atoms with Crippen LogP contribution in [0.15, 0.2) is 12.1 Å². The molecule has 1 aliphatic rings. The average Bonchev–Trinajstić information content (AvgIpc) is 2.24. The van der Waals surface area contributed by atoms with Crippen LogP contribution in [0.25, 0.3) is 0 Å². The van der Waals surface area contributed by atoms with Crippen LogP contribution in [0, 0.1) is 18.6 Å². The lowest BCUT2D eigenvalue weighted by Gasteiger charge is -2.40. The van der Waals surface area contributed by atoms with Gasteiger partial charge in [0.15, 0.2) is 0 Å². The van der Waals surface area contributed by atoms with Crippen LogP contribution in [0.2, 0.25) is 0 Å². The van der Waals surface area contributed by atoms with Gasteiger partial charge in [-0.2, -0.15) is 0 Å². The fourth-order valence-electron chi connectivity index (χ4n) is 2.35. The molecule has 1 heterocycles. The third-order valence-electron chi connectivity index (χ3n) is 3.37. The second-order valence-electron chi connectivity index (χ2n) is 4.86. The summed E-state index contributed by atoms with van der Waals surface area (Å²) in [6, 6.07) is 2.78. The molecule has 0 bridgehead atoms. The zero-order valence-corrected chi connectivity index (χ0v) is 10.5. The average molecular weight is 240 g/mol. The van der Waals surface area contributed by atoms with Crippen molar-refractivity contribution in [1.29, 1.82) is 0 Å². The SMILES string of the molecule is Cc1cc(F)c(N2CCN(C)C[C@H]2C)cc1F. The summed E-state index contributed by atoms with van der Waals surface area (Å²) in [6.07, 6.45) is 0. The molecule has 2 rings (SSSR count). The van der Waals surface area contributed by atoms with Crippen molar-refractivity contribution in [3.05, 3.63) is 29.3 Å². The monoisotopic (exact) mass is 240 g/mol. The standard InChI is InChI=1S/C13H18F2N2/c1-9-6-12(15)13(7-11(9)14)17-5-4-16(3)8-10(17)2/h6-7,10H,4-5,8H2,1-3H3/t10-/m1/s1. The van der Waals surface area contributed by atoms with Crippen LogP contribution < -0.4 is 4.90 Å². The number of hydrogen-bond donors (Lipinski definition) is 0. The van der Waals surface area contributed by atoms with Gasteiger partial charge in [-0.15, -0.1) is 0 Å². The predicted octanol–water partition coefficient (Wildman–Crippen LogP) is 2.41. The van der Waals surface area contributed by atoms with Crippen LogP contribution in [-0.4, -0.2) is 37.6 Å². The van der Waals surface area contributed by atoms with Crippen LogP contribution in [0.5, 0.6) is 0 Å². The normalized spacial score (nSPS) is 21.9. The number of hydrogen-bond acceptors (Lipinski definition) is 2. The number of benzene rings is 1. The highest BCUT2D eigenvalue weighted by Gasteiger charge is 2.24. The van der Waals surface area contributed by atoms with Gasteiger partial charge in [0.1, 0.15) is 11.6 Å². The Morgan fingerprint density at radius 3 is 2.53 bits per heavy atom. The Labute approximate surface area is 101 Å². The van der Waals surface area contributed by atoms with Gasteiger partial charge in [0, 0.05) is 31.7 Å². The molecule has 2 nitrogen and oxygen atoms in total. The number of piperazine rings is 1. The molecule has 1 saturated heterocycles. The Balaban J connectivity index is 2.31. The minimum atomic E-state index is -0.340. The maximum absolute atomic E-state index is 13.9. The first-order chi connectivity index (χ1) is 7.99. The minimum Gasteiger partial charge on any atom is -0.364 e. The summed E-state index contributed by atoms with van der Waals surface area (Å²) >= 11 is 0. The fraction of sp³-hybridized carbons (Fsp3) is 0.538. The summed E-state index contributed by atoms with van der Waals surface area (Å²) < 4.78 is 27.4. The maximum atomic E-state index is 13.9. The van der Waals surface area contributed by atoms with Crippen LogP contribution >= 0.6 is 0 Å². The molecular weight excluding hydrogens is 222 g/mol. The van der Waals surface area contributed by atoms with Gasteiger partial charge in [0.25, 0.3) is 0 Å². The van der Waals surface area contributed by atoms with Crippen molar-refractivity contribution in [3.8, 4) is 0 Å². The van der Waals surface area contributed by atoms with Crippen molar-refractivity contribution >= 4 is 5.69 Å². The van der Waals surface area contributed by atoms with Crippen molar-refractivity contribution in [2.24, 2.45) is 0 Å².